The second-order valence-electron chi connectivity index (χ2n) is 17.9. The molecule has 4 aliphatic rings. The van der Waals surface area contributed by atoms with Crippen molar-refractivity contribution in [3.05, 3.63) is 96.1 Å². The number of rotatable bonds is 9. The van der Waals surface area contributed by atoms with Crippen LogP contribution in [-0.4, -0.2) is 27.4 Å². The Morgan fingerprint density at radius 1 is 0.381 bits per heavy atom. The molecule has 3 nitrogen and oxygen atoms in total. The Morgan fingerprint density at radius 2 is 0.714 bits per heavy atom. The highest BCUT2D eigenvalue weighted by Gasteiger charge is 2.30. The van der Waals surface area contributed by atoms with E-state index in [1.54, 1.807) is 7.11 Å². The zero-order chi connectivity index (χ0) is 47.8. The lowest BCUT2D eigenvalue weighted by molar-refractivity contribution is 0.00320. The lowest BCUT2D eigenvalue weighted by Gasteiger charge is -2.34. The minimum atomic E-state index is 0.225. The molecule has 0 aromatic heterocycles. The van der Waals surface area contributed by atoms with Crippen LogP contribution in [0, 0.1) is 23.7 Å². The van der Waals surface area contributed by atoms with Crippen LogP contribution in [0.15, 0.2) is 85.0 Å². The topological polar surface area (TPSA) is 27.7 Å². The maximum atomic E-state index is 5.78. The molecular formula is C60H110O3. The van der Waals surface area contributed by atoms with Gasteiger partial charge in [-0.2, -0.15) is 0 Å². The Kier molecular flexibility index (Phi) is 52.5. The fourth-order valence-electron chi connectivity index (χ4n) is 8.26. The first kappa shape index (κ1) is 65.1. The molecule has 368 valence electrons. The third-order valence-electron chi connectivity index (χ3n) is 10.6. The largest absolute Gasteiger partial charge is 0.381 e. The SMILES string of the molecule is CCC.CCC.CCC.CCC.CCC.CCC.COC(C1C=CCCC1)C1CCCCC1.COC(c1ccccc1)C1C=CCCC1.COC(c1ccccc1)C1CCCCC1. The molecule has 63 heavy (non-hydrogen) atoms. The third kappa shape index (κ3) is 34.8. The van der Waals surface area contributed by atoms with Crippen LogP contribution >= 0.6 is 0 Å². The normalized spacial score (nSPS) is 19.1. The Hall–Kier alpha value is -2.20. The van der Waals surface area contributed by atoms with Crippen LogP contribution in [-0.2, 0) is 14.2 Å². The standard InChI is InChI=1S/C14H24O.C14H20O.C14H18O.6C3H8/c3*1-15-14(12-8-4-2-5-9-12)13-10-6-3-7-11-13;6*1-3-2/h4,8,12-14H,2-3,5-7,9-11H2,1H3;2,4-5,8-9,13-14H,3,6-7,10-11H2,1H3;2,4-6,8-10,13-14H,3,7,11H2,1H3;6*3H2,1-2H3. The maximum absolute atomic E-state index is 5.78. The first-order valence-corrected chi connectivity index (χ1v) is 26.7. The predicted octanol–water partition coefficient (Wildman–Crippen LogP) is 20.1. The van der Waals surface area contributed by atoms with Crippen LogP contribution in [0.1, 0.15) is 248 Å². The number of methoxy groups -OCH3 is 3. The van der Waals surface area contributed by atoms with E-state index < -0.39 is 0 Å². The van der Waals surface area contributed by atoms with E-state index in [1.165, 1.54) is 152 Å². The highest BCUT2D eigenvalue weighted by atomic mass is 16.5. The van der Waals surface area contributed by atoms with Gasteiger partial charge in [0.15, 0.2) is 0 Å². The van der Waals surface area contributed by atoms with Gasteiger partial charge in [-0.25, -0.2) is 0 Å². The van der Waals surface area contributed by atoms with Crippen molar-refractivity contribution in [2.45, 2.75) is 243 Å². The van der Waals surface area contributed by atoms with Crippen LogP contribution in [0.25, 0.3) is 0 Å². The molecule has 0 saturated heterocycles. The summed E-state index contributed by atoms with van der Waals surface area (Å²) in [4.78, 5) is 0. The van der Waals surface area contributed by atoms with Crippen LogP contribution in [0.3, 0.4) is 0 Å². The Morgan fingerprint density at radius 3 is 1.03 bits per heavy atom. The van der Waals surface area contributed by atoms with E-state index in [1.807, 2.05) is 20.3 Å². The molecular weight excluding hydrogens is 769 g/mol. The molecule has 0 spiro atoms. The smallest absolute Gasteiger partial charge is 0.0883 e. The van der Waals surface area contributed by atoms with Crippen LogP contribution < -0.4 is 0 Å². The molecule has 0 aliphatic heterocycles. The monoisotopic (exact) mass is 879 g/mol. The molecule has 2 saturated carbocycles. The number of allylic oxidation sites excluding steroid dienone is 2. The molecule has 6 rings (SSSR count). The van der Waals surface area contributed by atoms with Gasteiger partial charge in [0.2, 0.25) is 0 Å². The summed E-state index contributed by atoms with van der Waals surface area (Å²) >= 11 is 0. The quantitative estimate of drug-likeness (QED) is 0.235. The minimum Gasteiger partial charge on any atom is -0.381 e. The summed E-state index contributed by atoms with van der Waals surface area (Å²) in [6, 6.07) is 21.1. The summed E-state index contributed by atoms with van der Waals surface area (Å²) in [5.41, 5.74) is 2.63. The Labute approximate surface area is 396 Å². The fraction of sp³-hybridized carbons (Fsp3) is 0.733. The summed E-state index contributed by atoms with van der Waals surface area (Å²) in [5, 5.41) is 0. The maximum Gasteiger partial charge on any atom is 0.0883 e. The number of benzene rings is 2. The molecule has 0 N–H and O–H groups in total. The van der Waals surface area contributed by atoms with E-state index in [2.05, 4.69) is 162 Å². The van der Waals surface area contributed by atoms with Crippen molar-refractivity contribution in [2.24, 2.45) is 23.7 Å². The molecule has 0 heterocycles. The van der Waals surface area contributed by atoms with Crippen LogP contribution in [0.4, 0.5) is 0 Å². The molecule has 0 bridgehead atoms. The number of hydrogen-bond acceptors (Lipinski definition) is 3. The molecule has 4 aliphatic carbocycles. The fourth-order valence-corrected chi connectivity index (χ4v) is 8.26. The summed E-state index contributed by atoms with van der Waals surface area (Å²) in [5.74, 6) is 2.81. The van der Waals surface area contributed by atoms with E-state index >= 15 is 0 Å². The zero-order valence-corrected chi connectivity index (χ0v) is 44.9. The highest BCUT2D eigenvalue weighted by Crippen LogP contribution is 2.37. The number of ether oxygens (including phenoxy) is 3. The minimum absolute atomic E-state index is 0.225. The predicted molar refractivity (Wildman–Crippen MR) is 285 cm³/mol. The van der Waals surface area contributed by atoms with Crippen molar-refractivity contribution in [3.8, 4) is 0 Å². The van der Waals surface area contributed by atoms with Crippen molar-refractivity contribution in [1.82, 2.24) is 0 Å². The molecule has 2 fully saturated rings. The second kappa shape index (κ2) is 50.8. The van der Waals surface area contributed by atoms with Gasteiger partial charge in [0.05, 0.1) is 18.3 Å². The van der Waals surface area contributed by atoms with Gasteiger partial charge in [0.25, 0.3) is 0 Å². The third-order valence-corrected chi connectivity index (χ3v) is 10.6. The summed E-state index contributed by atoms with van der Waals surface area (Å²) < 4.78 is 17.1. The van der Waals surface area contributed by atoms with Crippen molar-refractivity contribution < 1.29 is 14.2 Å². The molecule has 3 heteroatoms. The highest BCUT2D eigenvalue weighted by molar-refractivity contribution is 5.20. The lowest BCUT2D eigenvalue weighted by atomic mass is 9.77. The van der Waals surface area contributed by atoms with Gasteiger partial charge in [-0.15, -0.1) is 0 Å². The summed E-state index contributed by atoms with van der Waals surface area (Å²) in [7, 11) is 5.55. The zero-order valence-electron chi connectivity index (χ0n) is 44.9. The second-order valence-corrected chi connectivity index (χ2v) is 17.9. The average Bonchev–Trinajstić information content (AvgIpc) is 3.32. The van der Waals surface area contributed by atoms with Crippen molar-refractivity contribution in [2.75, 3.05) is 21.3 Å². The van der Waals surface area contributed by atoms with E-state index in [0.717, 1.165) is 11.8 Å². The van der Waals surface area contributed by atoms with Crippen molar-refractivity contribution in [1.29, 1.82) is 0 Å². The lowest BCUT2D eigenvalue weighted by Crippen LogP contribution is -2.32. The number of hydrogen-bond donors (Lipinski definition) is 0. The van der Waals surface area contributed by atoms with Gasteiger partial charge >= 0.3 is 0 Å². The Balaban J connectivity index is -0.000000720. The van der Waals surface area contributed by atoms with Crippen LogP contribution in [0.2, 0.25) is 0 Å². The van der Waals surface area contributed by atoms with Gasteiger partial charge in [-0.1, -0.05) is 245 Å². The van der Waals surface area contributed by atoms with Gasteiger partial charge in [-0.3, -0.25) is 0 Å². The van der Waals surface area contributed by atoms with E-state index in [0.29, 0.717) is 24.0 Å². The molecule has 0 radical (unpaired) electrons. The molecule has 2 aromatic carbocycles. The summed E-state index contributed by atoms with van der Waals surface area (Å²) in [6.07, 6.45) is 39.5. The van der Waals surface area contributed by atoms with E-state index in [9.17, 15) is 0 Å². The molecule has 2 aromatic rings. The van der Waals surface area contributed by atoms with E-state index in [-0.39, 0.29) is 6.10 Å². The van der Waals surface area contributed by atoms with Gasteiger partial charge in [0.1, 0.15) is 0 Å². The molecule has 5 atom stereocenters. The van der Waals surface area contributed by atoms with Gasteiger partial charge in [-0.05, 0) is 87.2 Å². The first-order chi connectivity index (χ1) is 30.7. The van der Waals surface area contributed by atoms with Crippen molar-refractivity contribution >= 4 is 0 Å². The summed E-state index contributed by atoms with van der Waals surface area (Å²) in [6.45, 7) is 25.5. The van der Waals surface area contributed by atoms with Gasteiger partial charge < -0.3 is 14.2 Å². The first-order valence-electron chi connectivity index (χ1n) is 26.7. The average molecular weight is 880 g/mol. The van der Waals surface area contributed by atoms with Gasteiger partial charge in [0, 0.05) is 33.2 Å². The van der Waals surface area contributed by atoms with Crippen LogP contribution in [0.5, 0.6) is 0 Å². The molecule has 5 unspecified atom stereocenters. The van der Waals surface area contributed by atoms with Crippen molar-refractivity contribution in [3.63, 3.8) is 0 Å². The Bertz CT molecular complexity index is 1150. The molecule has 0 amide bonds. The van der Waals surface area contributed by atoms with E-state index in [4.69, 9.17) is 14.2 Å².